The summed E-state index contributed by atoms with van der Waals surface area (Å²) < 4.78 is 14.9. The number of imidazole rings is 1. The summed E-state index contributed by atoms with van der Waals surface area (Å²) in [5.41, 5.74) is 4.44. The average Bonchev–Trinajstić information content (AvgIpc) is 3.14. The van der Waals surface area contributed by atoms with E-state index in [1.807, 2.05) is 45.5 Å². The molecule has 3 aromatic rings. The number of unbranched alkanes of at least 4 members (excludes halogenated alkanes) is 3. The molecule has 0 fully saturated rings. The van der Waals surface area contributed by atoms with E-state index >= 15 is 0 Å². The molecule has 3 rings (SSSR count). The first-order chi connectivity index (χ1) is 17.5. The number of carboxylic acids is 1. The molecular formula is C29H38N2O5. The maximum Gasteiger partial charge on any atom is 0.336 e. The predicted octanol–water partition coefficient (Wildman–Crippen LogP) is 5.89. The van der Waals surface area contributed by atoms with Crippen molar-refractivity contribution in [3.05, 3.63) is 81.5 Å². The molecule has 7 heteroatoms. The summed E-state index contributed by atoms with van der Waals surface area (Å²) >= 11 is 0. The Hall–Kier alpha value is -3.16. The molecule has 36 heavy (non-hydrogen) atoms. The SMILES string of the molecule is CCCCCn1c(C(OC)OC)c(CCCC)n(Cc2ccc(-c3ccccc3C(=O)O)cc2)c1=O. The summed E-state index contributed by atoms with van der Waals surface area (Å²) in [6.07, 6.45) is 5.15. The fraction of sp³-hybridized carbons (Fsp3) is 0.448. The molecule has 2 aromatic carbocycles. The Morgan fingerprint density at radius 2 is 1.58 bits per heavy atom. The molecule has 0 atom stereocenters. The van der Waals surface area contributed by atoms with Crippen molar-refractivity contribution >= 4 is 5.97 Å². The number of hydrogen-bond acceptors (Lipinski definition) is 4. The van der Waals surface area contributed by atoms with Gasteiger partial charge in [0.25, 0.3) is 0 Å². The second-order valence-electron chi connectivity index (χ2n) is 9.01. The number of ether oxygens (including phenoxy) is 2. The molecule has 0 amide bonds. The van der Waals surface area contributed by atoms with Crippen molar-refractivity contribution in [3.8, 4) is 11.1 Å². The molecule has 1 N–H and O–H groups in total. The standard InChI is InChI=1S/C29H38N2O5/c1-5-7-11-19-30-26(28(35-3)36-4)25(14-8-6-2)31(29(30)34)20-21-15-17-22(18-16-21)23-12-9-10-13-24(23)27(32)33/h9-10,12-13,15-18,28H,5-8,11,14,19-20H2,1-4H3,(H,32,33). The third kappa shape index (κ3) is 6.15. The highest BCUT2D eigenvalue weighted by Gasteiger charge is 2.26. The first-order valence-corrected chi connectivity index (χ1v) is 12.8. The van der Waals surface area contributed by atoms with Crippen LogP contribution in [0, 0.1) is 0 Å². The first kappa shape index (κ1) is 27.4. The smallest absolute Gasteiger partial charge is 0.336 e. The minimum absolute atomic E-state index is 0.0494. The van der Waals surface area contributed by atoms with E-state index in [9.17, 15) is 14.7 Å². The minimum atomic E-state index is -0.954. The lowest BCUT2D eigenvalue weighted by Crippen LogP contribution is -2.26. The third-order valence-corrected chi connectivity index (χ3v) is 6.54. The molecule has 0 aliphatic carbocycles. The Bertz CT molecular complexity index is 1190. The molecule has 0 saturated heterocycles. The van der Waals surface area contributed by atoms with Gasteiger partial charge in [0, 0.05) is 26.5 Å². The summed E-state index contributed by atoms with van der Waals surface area (Å²) in [7, 11) is 3.20. The summed E-state index contributed by atoms with van der Waals surface area (Å²) in [4.78, 5) is 25.3. The van der Waals surface area contributed by atoms with Gasteiger partial charge in [0.15, 0.2) is 6.29 Å². The monoisotopic (exact) mass is 494 g/mol. The number of carbonyl (C=O) groups is 1. The minimum Gasteiger partial charge on any atom is -0.478 e. The topological polar surface area (TPSA) is 82.7 Å². The van der Waals surface area contributed by atoms with Gasteiger partial charge < -0.3 is 14.6 Å². The van der Waals surface area contributed by atoms with Gasteiger partial charge in [0.2, 0.25) is 0 Å². The Kier molecular flexibility index (Phi) is 10.1. The summed E-state index contributed by atoms with van der Waals surface area (Å²) in [6, 6.07) is 14.7. The molecule has 1 heterocycles. The molecule has 7 nitrogen and oxygen atoms in total. The molecule has 1 aromatic heterocycles. The van der Waals surface area contributed by atoms with Crippen molar-refractivity contribution in [2.75, 3.05) is 14.2 Å². The number of aromatic nitrogens is 2. The van der Waals surface area contributed by atoms with Gasteiger partial charge in [0.1, 0.15) is 0 Å². The molecule has 0 aliphatic heterocycles. The highest BCUT2D eigenvalue weighted by molar-refractivity contribution is 5.95. The van der Waals surface area contributed by atoms with Crippen molar-refractivity contribution < 1.29 is 19.4 Å². The van der Waals surface area contributed by atoms with E-state index in [1.165, 1.54) is 0 Å². The van der Waals surface area contributed by atoms with E-state index < -0.39 is 12.3 Å². The maximum absolute atomic E-state index is 13.7. The van der Waals surface area contributed by atoms with Gasteiger partial charge >= 0.3 is 11.7 Å². The number of rotatable bonds is 14. The van der Waals surface area contributed by atoms with Crippen LogP contribution < -0.4 is 5.69 Å². The number of carboxylic acid groups (broad SMARTS) is 1. The lowest BCUT2D eigenvalue weighted by atomic mass is 9.98. The predicted molar refractivity (Wildman–Crippen MR) is 142 cm³/mol. The van der Waals surface area contributed by atoms with Crippen LogP contribution in [0.3, 0.4) is 0 Å². The van der Waals surface area contributed by atoms with Gasteiger partial charge in [-0.2, -0.15) is 0 Å². The Balaban J connectivity index is 2.02. The van der Waals surface area contributed by atoms with Crippen LogP contribution in [-0.2, 0) is 29.0 Å². The summed E-state index contributed by atoms with van der Waals surface area (Å²) in [5.74, 6) is -0.954. The van der Waals surface area contributed by atoms with Gasteiger partial charge in [-0.3, -0.25) is 9.13 Å². The quantitative estimate of drug-likeness (QED) is 0.223. The summed E-state index contributed by atoms with van der Waals surface area (Å²) in [5, 5.41) is 9.54. The van der Waals surface area contributed by atoms with Crippen molar-refractivity contribution in [2.45, 2.75) is 71.8 Å². The first-order valence-electron chi connectivity index (χ1n) is 12.8. The lowest BCUT2D eigenvalue weighted by molar-refractivity contribution is -0.111. The van der Waals surface area contributed by atoms with Crippen LogP contribution in [0.4, 0.5) is 0 Å². The molecule has 0 radical (unpaired) electrons. The zero-order chi connectivity index (χ0) is 26.1. The molecule has 0 unspecified atom stereocenters. The van der Waals surface area contributed by atoms with Crippen molar-refractivity contribution in [2.24, 2.45) is 0 Å². The van der Waals surface area contributed by atoms with E-state index in [2.05, 4.69) is 13.8 Å². The Morgan fingerprint density at radius 1 is 0.917 bits per heavy atom. The highest BCUT2D eigenvalue weighted by Crippen LogP contribution is 2.26. The van der Waals surface area contributed by atoms with E-state index in [4.69, 9.17) is 9.47 Å². The van der Waals surface area contributed by atoms with Crippen LogP contribution >= 0.6 is 0 Å². The van der Waals surface area contributed by atoms with Crippen molar-refractivity contribution in [3.63, 3.8) is 0 Å². The van der Waals surface area contributed by atoms with E-state index in [-0.39, 0.29) is 11.3 Å². The normalized spacial score (nSPS) is 11.4. The molecule has 0 spiro atoms. The third-order valence-electron chi connectivity index (χ3n) is 6.54. The molecule has 194 valence electrons. The fourth-order valence-corrected chi connectivity index (χ4v) is 4.64. The molecule has 0 aliphatic rings. The van der Waals surface area contributed by atoms with E-state index in [0.717, 1.165) is 61.0 Å². The Morgan fingerprint density at radius 3 is 2.19 bits per heavy atom. The lowest BCUT2D eigenvalue weighted by Gasteiger charge is -2.18. The number of hydrogen-bond donors (Lipinski definition) is 1. The highest BCUT2D eigenvalue weighted by atomic mass is 16.7. The van der Waals surface area contributed by atoms with Crippen LogP contribution in [0.1, 0.15) is 79.6 Å². The molecule has 0 bridgehead atoms. The van der Waals surface area contributed by atoms with Crippen molar-refractivity contribution in [1.82, 2.24) is 9.13 Å². The van der Waals surface area contributed by atoms with Crippen LogP contribution in [0.2, 0.25) is 0 Å². The van der Waals surface area contributed by atoms with Crippen LogP contribution in [0.25, 0.3) is 11.1 Å². The van der Waals surface area contributed by atoms with Crippen LogP contribution in [0.15, 0.2) is 53.3 Å². The van der Waals surface area contributed by atoms with Gasteiger partial charge in [-0.1, -0.05) is 75.6 Å². The van der Waals surface area contributed by atoms with Gasteiger partial charge in [0.05, 0.1) is 17.8 Å². The van der Waals surface area contributed by atoms with Crippen LogP contribution in [0.5, 0.6) is 0 Å². The molecule has 0 saturated carbocycles. The Labute approximate surface area is 213 Å². The van der Waals surface area contributed by atoms with Gasteiger partial charge in [-0.15, -0.1) is 0 Å². The zero-order valence-electron chi connectivity index (χ0n) is 21.8. The number of benzene rings is 2. The zero-order valence-corrected chi connectivity index (χ0v) is 21.8. The van der Waals surface area contributed by atoms with Gasteiger partial charge in [-0.25, -0.2) is 9.59 Å². The second kappa shape index (κ2) is 13.2. The largest absolute Gasteiger partial charge is 0.478 e. The fourth-order valence-electron chi connectivity index (χ4n) is 4.64. The molecular weight excluding hydrogens is 456 g/mol. The van der Waals surface area contributed by atoms with E-state index in [0.29, 0.717) is 18.7 Å². The number of nitrogens with zero attached hydrogens (tertiary/aromatic N) is 2. The van der Waals surface area contributed by atoms with Crippen molar-refractivity contribution in [1.29, 1.82) is 0 Å². The number of aromatic carboxylic acids is 1. The maximum atomic E-state index is 13.7. The van der Waals surface area contributed by atoms with Crippen LogP contribution in [-0.4, -0.2) is 34.4 Å². The summed E-state index contributed by atoms with van der Waals surface area (Å²) in [6.45, 7) is 5.33. The van der Waals surface area contributed by atoms with Gasteiger partial charge in [-0.05, 0) is 42.0 Å². The van der Waals surface area contributed by atoms with E-state index in [1.54, 1.807) is 26.4 Å². The second-order valence-corrected chi connectivity index (χ2v) is 9.01. The average molecular weight is 495 g/mol. The number of methoxy groups -OCH3 is 2.